The number of carbonyl (C=O) groups is 2. The van der Waals surface area contributed by atoms with Gasteiger partial charge in [-0.15, -0.1) is 0 Å². The van der Waals surface area contributed by atoms with Gasteiger partial charge in [0, 0.05) is 5.69 Å². The molecule has 28 heavy (non-hydrogen) atoms. The number of alkyl halides is 3. The molecule has 0 aliphatic heterocycles. The van der Waals surface area contributed by atoms with Gasteiger partial charge in [-0.25, -0.2) is 0 Å². The third-order valence-corrected chi connectivity index (χ3v) is 3.72. The van der Waals surface area contributed by atoms with E-state index in [2.05, 4.69) is 16.0 Å². The number of amides is 2. The number of nitrogens with one attached hydrogen (secondary N) is 3. The van der Waals surface area contributed by atoms with Crippen LogP contribution in [0.1, 0.15) is 11.1 Å². The van der Waals surface area contributed by atoms with Crippen molar-refractivity contribution >= 4 is 23.2 Å². The summed E-state index contributed by atoms with van der Waals surface area (Å²) in [5.41, 5.74) is 0.734. The molecule has 0 radical (unpaired) electrons. The molecule has 0 saturated carbocycles. The van der Waals surface area contributed by atoms with Crippen molar-refractivity contribution in [3.63, 3.8) is 0 Å². The lowest BCUT2D eigenvalue weighted by Gasteiger charge is -2.12. The smallest absolute Gasteiger partial charge is 0.416 e. The molecule has 2 aromatic carbocycles. The van der Waals surface area contributed by atoms with Crippen LogP contribution in [0.4, 0.5) is 24.5 Å². The average molecular weight is 395 g/mol. The van der Waals surface area contributed by atoms with Crippen LogP contribution in [0.5, 0.6) is 5.75 Å². The highest BCUT2D eigenvalue weighted by Gasteiger charge is 2.30. The molecule has 0 aliphatic carbocycles. The highest BCUT2D eigenvalue weighted by atomic mass is 19.4. The number of anilines is 2. The summed E-state index contributed by atoms with van der Waals surface area (Å²) in [4.78, 5) is 23.8. The fourth-order valence-electron chi connectivity index (χ4n) is 2.34. The fourth-order valence-corrected chi connectivity index (χ4v) is 2.34. The van der Waals surface area contributed by atoms with Crippen molar-refractivity contribution in [2.75, 3.05) is 30.8 Å². The van der Waals surface area contributed by atoms with E-state index in [-0.39, 0.29) is 18.8 Å². The van der Waals surface area contributed by atoms with Gasteiger partial charge in [-0.2, -0.15) is 13.2 Å². The van der Waals surface area contributed by atoms with Gasteiger partial charge in [0.05, 0.1) is 31.5 Å². The Hall–Kier alpha value is -3.23. The first-order chi connectivity index (χ1) is 13.2. The van der Waals surface area contributed by atoms with Crippen molar-refractivity contribution in [1.29, 1.82) is 0 Å². The Morgan fingerprint density at radius 2 is 1.79 bits per heavy atom. The minimum absolute atomic E-state index is 0.152. The first kappa shape index (κ1) is 21.1. The lowest BCUT2D eigenvalue weighted by Crippen LogP contribution is -2.36. The van der Waals surface area contributed by atoms with Crippen molar-refractivity contribution in [3.05, 3.63) is 53.6 Å². The summed E-state index contributed by atoms with van der Waals surface area (Å²) in [6.07, 6.45) is -4.46. The van der Waals surface area contributed by atoms with Crippen LogP contribution in [0.25, 0.3) is 0 Å². The molecule has 9 heteroatoms. The Labute approximate surface area is 160 Å². The van der Waals surface area contributed by atoms with Crippen molar-refractivity contribution in [3.8, 4) is 5.75 Å². The van der Waals surface area contributed by atoms with Crippen LogP contribution in [0.15, 0.2) is 42.5 Å². The van der Waals surface area contributed by atoms with Gasteiger partial charge in [0.25, 0.3) is 0 Å². The molecule has 2 rings (SSSR count). The number of rotatable bonds is 7. The molecule has 0 aliphatic rings. The van der Waals surface area contributed by atoms with Crippen LogP contribution >= 0.6 is 0 Å². The van der Waals surface area contributed by atoms with Crippen LogP contribution in [-0.4, -0.2) is 32.0 Å². The summed E-state index contributed by atoms with van der Waals surface area (Å²) in [5, 5.41) is 7.62. The van der Waals surface area contributed by atoms with E-state index in [1.807, 2.05) is 13.0 Å². The SMILES string of the molecule is COc1ccc(C)cc1NC(=O)CNC(=O)CNc1cccc(C(F)(F)F)c1. The molecule has 2 aromatic rings. The molecule has 2 amide bonds. The number of halogens is 3. The first-order valence-corrected chi connectivity index (χ1v) is 8.31. The summed E-state index contributed by atoms with van der Waals surface area (Å²) in [7, 11) is 1.47. The largest absolute Gasteiger partial charge is 0.495 e. The second kappa shape index (κ2) is 9.12. The van der Waals surface area contributed by atoms with E-state index in [1.54, 1.807) is 12.1 Å². The fraction of sp³-hybridized carbons (Fsp3) is 0.263. The van der Waals surface area contributed by atoms with Gasteiger partial charge in [0.1, 0.15) is 5.75 Å². The summed E-state index contributed by atoms with van der Waals surface area (Å²) >= 11 is 0. The van der Waals surface area contributed by atoms with E-state index in [9.17, 15) is 22.8 Å². The van der Waals surface area contributed by atoms with Gasteiger partial charge < -0.3 is 20.7 Å². The summed E-state index contributed by atoms with van der Waals surface area (Å²) in [6.45, 7) is 1.29. The molecule has 0 saturated heterocycles. The van der Waals surface area contributed by atoms with E-state index >= 15 is 0 Å². The van der Waals surface area contributed by atoms with Crippen LogP contribution in [-0.2, 0) is 15.8 Å². The lowest BCUT2D eigenvalue weighted by atomic mass is 10.2. The highest BCUT2D eigenvalue weighted by Crippen LogP contribution is 2.30. The third kappa shape index (κ3) is 6.19. The molecule has 0 unspecified atom stereocenters. The second-order valence-electron chi connectivity index (χ2n) is 5.96. The monoisotopic (exact) mass is 395 g/mol. The van der Waals surface area contributed by atoms with E-state index in [0.29, 0.717) is 11.4 Å². The number of ether oxygens (including phenoxy) is 1. The van der Waals surface area contributed by atoms with Crippen LogP contribution in [0.2, 0.25) is 0 Å². The Bertz CT molecular complexity index is 854. The molecule has 0 bridgehead atoms. The van der Waals surface area contributed by atoms with Gasteiger partial charge in [-0.05, 0) is 42.8 Å². The highest BCUT2D eigenvalue weighted by molar-refractivity contribution is 5.96. The minimum Gasteiger partial charge on any atom is -0.495 e. The molecule has 3 N–H and O–H groups in total. The minimum atomic E-state index is -4.46. The number of methoxy groups -OCH3 is 1. The Balaban J connectivity index is 1.83. The second-order valence-corrected chi connectivity index (χ2v) is 5.96. The summed E-state index contributed by atoms with van der Waals surface area (Å²) < 4.78 is 43.2. The molecule has 6 nitrogen and oxygen atoms in total. The molecular weight excluding hydrogens is 375 g/mol. The van der Waals surface area contributed by atoms with Crippen molar-refractivity contribution in [2.45, 2.75) is 13.1 Å². The third-order valence-electron chi connectivity index (χ3n) is 3.72. The molecule has 0 heterocycles. The standard InChI is InChI=1S/C19H20F3N3O3/c1-12-6-7-16(28-2)15(8-12)25-18(27)11-24-17(26)10-23-14-5-3-4-13(9-14)19(20,21)22/h3-9,23H,10-11H2,1-2H3,(H,24,26)(H,25,27). The van der Waals surface area contributed by atoms with E-state index < -0.39 is 23.6 Å². The number of carbonyl (C=O) groups excluding carboxylic acids is 2. The van der Waals surface area contributed by atoms with Gasteiger partial charge in [-0.1, -0.05) is 12.1 Å². The molecular formula is C19H20F3N3O3. The topological polar surface area (TPSA) is 79.5 Å². The maximum absolute atomic E-state index is 12.7. The van der Waals surface area contributed by atoms with Crippen LogP contribution in [0, 0.1) is 6.92 Å². The predicted molar refractivity (Wildman–Crippen MR) is 99.3 cm³/mol. The van der Waals surface area contributed by atoms with Gasteiger partial charge in [0.2, 0.25) is 11.8 Å². The molecule has 150 valence electrons. The Morgan fingerprint density at radius 3 is 2.46 bits per heavy atom. The predicted octanol–water partition coefficient (Wildman–Crippen LogP) is 3.19. The zero-order chi connectivity index (χ0) is 20.7. The average Bonchev–Trinajstić information content (AvgIpc) is 2.64. The van der Waals surface area contributed by atoms with Crippen molar-refractivity contribution in [1.82, 2.24) is 5.32 Å². The van der Waals surface area contributed by atoms with Crippen LogP contribution in [0.3, 0.4) is 0 Å². The Kier molecular flexibility index (Phi) is 6.86. The number of benzene rings is 2. The zero-order valence-electron chi connectivity index (χ0n) is 15.3. The summed E-state index contributed by atoms with van der Waals surface area (Å²) in [5.74, 6) is -0.517. The number of hydrogen-bond acceptors (Lipinski definition) is 4. The number of aryl methyl sites for hydroxylation is 1. The maximum atomic E-state index is 12.7. The van der Waals surface area contributed by atoms with Gasteiger partial charge in [0.15, 0.2) is 0 Å². The molecule has 0 aromatic heterocycles. The molecule has 0 atom stereocenters. The lowest BCUT2D eigenvalue weighted by molar-refractivity contribution is -0.137. The molecule has 0 spiro atoms. The van der Waals surface area contributed by atoms with Crippen molar-refractivity contribution in [2.24, 2.45) is 0 Å². The normalized spacial score (nSPS) is 10.9. The quantitative estimate of drug-likeness (QED) is 0.673. The van der Waals surface area contributed by atoms with E-state index in [1.165, 1.54) is 19.2 Å². The van der Waals surface area contributed by atoms with Crippen molar-refractivity contribution < 1.29 is 27.5 Å². The van der Waals surface area contributed by atoms with E-state index in [4.69, 9.17) is 4.74 Å². The first-order valence-electron chi connectivity index (χ1n) is 8.31. The maximum Gasteiger partial charge on any atom is 0.416 e. The zero-order valence-corrected chi connectivity index (χ0v) is 15.3. The van der Waals surface area contributed by atoms with Gasteiger partial charge in [-0.3, -0.25) is 9.59 Å². The Morgan fingerprint density at radius 1 is 1.04 bits per heavy atom. The van der Waals surface area contributed by atoms with Crippen LogP contribution < -0.4 is 20.7 Å². The molecule has 0 fully saturated rings. The van der Waals surface area contributed by atoms with E-state index in [0.717, 1.165) is 17.7 Å². The summed E-state index contributed by atoms with van der Waals surface area (Å²) in [6, 6.07) is 9.77. The van der Waals surface area contributed by atoms with Gasteiger partial charge >= 0.3 is 6.18 Å². The number of hydrogen-bond donors (Lipinski definition) is 3.